The zero-order valence-electron chi connectivity index (χ0n) is 11.8. The summed E-state index contributed by atoms with van der Waals surface area (Å²) in [6.45, 7) is 2.62. The number of aliphatic hydroxyl groups is 1. The van der Waals surface area contributed by atoms with Crippen molar-refractivity contribution in [3.63, 3.8) is 0 Å². The second-order valence-electron chi connectivity index (χ2n) is 5.44. The highest BCUT2D eigenvalue weighted by molar-refractivity contribution is 5.83. The Morgan fingerprint density at radius 2 is 2.00 bits per heavy atom. The van der Waals surface area contributed by atoms with Crippen molar-refractivity contribution in [3.8, 4) is 5.75 Å². The van der Waals surface area contributed by atoms with Gasteiger partial charge in [0.05, 0.1) is 6.61 Å². The second-order valence-corrected chi connectivity index (χ2v) is 5.44. The second kappa shape index (κ2) is 4.64. The summed E-state index contributed by atoms with van der Waals surface area (Å²) >= 11 is 0. The standard InChI is InChI=1S/C18H16O3/c1-11-17(14-4-2-3-5-16(14)21-11)18(19)13-6-7-15-12(10-13)8-9-20-15/h2-7,10,18-19H,8-9H2,1H3. The third kappa shape index (κ3) is 1.93. The van der Waals surface area contributed by atoms with Crippen LogP contribution in [0.4, 0.5) is 0 Å². The number of benzene rings is 2. The summed E-state index contributed by atoms with van der Waals surface area (Å²) in [5.74, 6) is 1.69. The molecular formula is C18H16O3. The number of aliphatic hydroxyl groups excluding tert-OH is 1. The first-order chi connectivity index (χ1) is 10.2. The first-order valence-corrected chi connectivity index (χ1v) is 7.16. The molecule has 0 aliphatic carbocycles. The zero-order chi connectivity index (χ0) is 14.4. The fourth-order valence-corrected chi connectivity index (χ4v) is 3.07. The smallest absolute Gasteiger partial charge is 0.134 e. The topological polar surface area (TPSA) is 42.6 Å². The predicted molar refractivity (Wildman–Crippen MR) is 80.7 cm³/mol. The van der Waals surface area contributed by atoms with E-state index in [1.807, 2.05) is 49.4 Å². The molecule has 0 amide bonds. The average molecular weight is 280 g/mol. The first kappa shape index (κ1) is 12.5. The fourth-order valence-electron chi connectivity index (χ4n) is 3.07. The van der Waals surface area contributed by atoms with E-state index in [9.17, 15) is 5.11 Å². The SMILES string of the molecule is Cc1oc2ccccc2c1C(O)c1ccc2c(c1)CCO2. The minimum absolute atomic E-state index is 0.681. The Bertz CT molecular complexity index is 816. The van der Waals surface area contributed by atoms with Crippen LogP contribution in [-0.4, -0.2) is 11.7 Å². The van der Waals surface area contributed by atoms with Crippen LogP contribution in [-0.2, 0) is 6.42 Å². The van der Waals surface area contributed by atoms with Crippen LogP contribution in [0.15, 0.2) is 46.9 Å². The van der Waals surface area contributed by atoms with E-state index in [1.165, 1.54) is 0 Å². The lowest BCUT2D eigenvalue weighted by Gasteiger charge is -2.12. The maximum absolute atomic E-state index is 10.8. The van der Waals surface area contributed by atoms with Crippen molar-refractivity contribution in [1.82, 2.24) is 0 Å². The van der Waals surface area contributed by atoms with Crippen molar-refractivity contribution in [2.24, 2.45) is 0 Å². The molecule has 1 aromatic heterocycles. The van der Waals surface area contributed by atoms with E-state index in [2.05, 4.69) is 0 Å². The Balaban J connectivity index is 1.83. The summed E-state index contributed by atoms with van der Waals surface area (Å²) in [6.07, 6.45) is 0.223. The third-order valence-corrected chi connectivity index (χ3v) is 4.12. The van der Waals surface area contributed by atoms with Crippen LogP contribution in [0, 0.1) is 6.92 Å². The van der Waals surface area contributed by atoms with Gasteiger partial charge in [-0.1, -0.05) is 24.3 Å². The van der Waals surface area contributed by atoms with Gasteiger partial charge >= 0.3 is 0 Å². The Kier molecular flexibility index (Phi) is 2.76. The van der Waals surface area contributed by atoms with Crippen LogP contribution in [0.1, 0.15) is 28.6 Å². The van der Waals surface area contributed by atoms with Crippen molar-refractivity contribution in [2.75, 3.05) is 6.61 Å². The molecule has 1 N–H and O–H groups in total. The van der Waals surface area contributed by atoms with Crippen LogP contribution in [0.5, 0.6) is 5.75 Å². The highest BCUT2D eigenvalue weighted by atomic mass is 16.5. The van der Waals surface area contributed by atoms with E-state index in [-0.39, 0.29) is 0 Å². The molecule has 1 atom stereocenters. The highest BCUT2D eigenvalue weighted by Gasteiger charge is 2.22. The van der Waals surface area contributed by atoms with Gasteiger partial charge in [0.25, 0.3) is 0 Å². The number of rotatable bonds is 2. The number of furan rings is 1. The van der Waals surface area contributed by atoms with Gasteiger partial charge in [0.15, 0.2) is 0 Å². The summed E-state index contributed by atoms with van der Waals surface area (Å²) in [6, 6.07) is 13.7. The van der Waals surface area contributed by atoms with Gasteiger partial charge in [-0.05, 0) is 36.2 Å². The minimum atomic E-state index is -0.681. The van der Waals surface area contributed by atoms with Gasteiger partial charge in [-0.3, -0.25) is 0 Å². The van der Waals surface area contributed by atoms with Crippen molar-refractivity contribution < 1.29 is 14.3 Å². The molecule has 0 saturated carbocycles. The maximum Gasteiger partial charge on any atom is 0.134 e. The van der Waals surface area contributed by atoms with Gasteiger partial charge in [-0.15, -0.1) is 0 Å². The zero-order valence-corrected chi connectivity index (χ0v) is 11.8. The molecule has 3 nitrogen and oxygen atoms in total. The summed E-state index contributed by atoms with van der Waals surface area (Å²) in [5.41, 5.74) is 3.71. The van der Waals surface area contributed by atoms with Crippen LogP contribution < -0.4 is 4.74 Å². The number of hydrogen-bond acceptors (Lipinski definition) is 3. The van der Waals surface area contributed by atoms with Crippen molar-refractivity contribution in [1.29, 1.82) is 0 Å². The number of hydrogen-bond donors (Lipinski definition) is 1. The molecule has 21 heavy (non-hydrogen) atoms. The lowest BCUT2D eigenvalue weighted by molar-refractivity contribution is 0.219. The maximum atomic E-state index is 10.8. The Labute approximate surface area is 122 Å². The van der Waals surface area contributed by atoms with Gasteiger partial charge in [0.2, 0.25) is 0 Å². The first-order valence-electron chi connectivity index (χ1n) is 7.16. The van der Waals surface area contributed by atoms with Gasteiger partial charge in [0, 0.05) is 17.4 Å². The molecule has 106 valence electrons. The van der Waals surface area contributed by atoms with Gasteiger partial charge in [-0.25, -0.2) is 0 Å². The van der Waals surface area contributed by atoms with E-state index in [0.717, 1.165) is 52.2 Å². The summed E-state index contributed by atoms with van der Waals surface area (Å²) in [4.78, 5) is 0. The van der Waals surface area contributed by atoms with Crippen molar-refractivity contribution in [2.45, 2.75) is 19.4 Å². The van der Waals surface area contributed by atoms with E-state index < -0.39 is 6.10 Å². The predicted octanol–water partition coefficient (Wildman–Crippen LogP) is 3.76. The molecule has 1 aliphatic heterocycles. The molecule has 1 unspecified atom stereocenters. The molecule has 3 heteroatoms. The van der Waals surface area contributed by atoms with Crippen LogP contribution >= 0.6 is 0 Å². The quantitative estimate of drug-likeness (QED) is 0.777. The molecule has 3 aromatic rings. The van der Waals surface area contributed by atoms with Gasteiger partial charge in [0.1, 0.15) is 23.2 Å². The Hall–Kier alpha value is -2.26. The van der Waals surface area contributed by atoms with E-state index in [4.69, 9.17) is 9.15 Å². The van der Waals surface area contributed by atoms with Gasteiger partial charge < -0.3 is 14.3 Å². The third-order valence-electron chi connectivity index (χ3n) is 4.12. The van der Waals surface area contributed by atoms with E-state index in [0.29, 0.717) is 0 Å². The summed E-state index contributed by atoms with van der Waals surface area (Å²) in [7, 11) is 0. The normalized spacial score (nSPS) is 15.0. The number of aryl methyl sites for hydroxylation is 1. The fraction of sp³-hybridized carbons (Fsp3) is 0.222. The van der Waals surface area contributed by atoms with Crippen molar-refractivity contribution in [3.05, 3.63) is 64.9 Å². The molecule has 0 saturated heterocycles. The van der Waals surface area contributed by atoms with E-state index in [1.54, 1.807) is 0 Å². The molecule has 0 spiro atoms. The van der Waals surface area contributed by atoms with Crippen molar-refractivity contribution >= 4 is 11.0 Å². The molecule has 4 rings (SSSR count). The molecular weight excluding hydrogens is 264 g/mol. The monoisotopic (exact) mass is 280 g/mol. The number of para-hydroxylation sites is 1. The Morgan fingerprint density at radius 3 is 2.90 bits per heavy atom. The minimum Gasteiger partial charge on any atom is -0.493 e. The number of ether oxygens (including phenoxy) is 1. The molecule has 0 bridgehead atoms. The summed E-state index contributed by atoms with van der Waals surface area (Å²) in [5, 5.41) is 11.8. The highest BCUT2D eigenvalue weighted by Crippen LogP contribution is 2.36. The van der Waals surface area contributed by atoms with Crippen LogP contribution in [0.3, 0.4) is 0 Å². The van der Waals surface area contributed by atoms with Crippen LogP contribution in [0.2, 0.25) is 0 Å². The lowest BCUT2D eigenvalue weighted by Crippen LogP contribution is -2.01. The molecule has 2 heterocycles. The van der Waals surface area contributed by atoms with Gasteiger partial charge in [-0.2, -0.15) is 0 Å². The molecule has 0 radical (unpaired) electrons. The van der Waals surface area contributed by atoms with E-state index >= 15 is 0 Å². The van der Waals surface area contributed by atoms with Crippen LogP contribution in [0.25, 0.3) is 11.0 Å². The average Bonchev–Trinajstić information content (AvgIpc) is 3.08. The lowest BCUT2D eigenvalue weighted by atomic mass is 9.97. The largest absolute Gasteiger partial charge is 0.493 e. The number of fused-ring (bicyclic) bond motifs is 2. The molecule has 2 aromatic carbocycles. The molecule has 0 fully saturated rings. The summed E-state index contributed by atoms with van der Waals surface area (Å²) < 4.78 is 11.3. The Morgan fingerprint density at radius 1 is 1.14 bits per heavy atom. The molecule has 1 aliphatic rings.